The number of rotatable bonds is 3. The summed E-state index contributed by atoms with van der Waals surface area (Å²) in [5.74, 6) is -0.204. The first-order chi connectivity index (χ1) is 8.69. The van der Waals surface area contributed by atoms with Crippen LogP contribution < -0.4 is 0 Å². The molecule has 0 aromatic carbocycles. The molecule has 3 aliphatic rings. The number of hydrogen-bond acceptors (Lipinski definition) is 3. The van der Waals surface area contributed by atoms with Crippen molar-refractivity contribution in [2.75, 3.05) is 6.61 Å². The summed E-state index contributed by atoms with van der Waals surface area (Å²) >= 11 is 0. The van der Waals surface area contributed by atoms with E-state index in [0.29, 0.717) is 37.6 Å². The lowest BCUT2D eigenvalue weighted by atomic mass is 9.85. The summed E-state index contributed by atoms with van der Waals surface area (Å²) in [4.78, 5) is 11.9. The lowest BCUT2D eigenvalue weighted by molar-refractivity contribution is -0.179. The highest BCUT2D eigenvalue weighted by atomic mass is 16.6. The quantitative estimate of drug-likeness (QED) is 0.572. The Balaban J connectivity index is 1.48. The van der Waals surface area contributed by atoms with Gasteiger partial charge in [-0.15, -0.1) is 0 Å². The zero-order valence-corrected chi connectivity index (χ0v) is 10.7. The van der Waals surface area contributed by atoms with E-state index in [0.717, 1.165) is 38.5 Å². The van der Waals surface area contributed by atoms with Crippen LogP contribution in [0.15, 0.2) is 0 Å². The fourth-order valence-electron chi connectivity index (χ4n) is 3.37. The molecule has 0 amide bonds. The van der Waals surface area contributed by atoms with Gasteiger partial charge in [-0.05, 0) is 38.5 Å². The Morgan fingerprint density at radius 2 is 1.94 bits per heavy atom. The molecule has 18 heavy (non-hydrogen) atoms. The molecule has 1 radical (unpaired) electrons. The van der Waals surface area contributed by atoms with Crippen LogP contribution >= 0.6 is 0 Å². The average Bonchev–Trinajstić information content (AvgIpc) is 3.16. The summed E-state index contributed by atoms with van der Waals surface area (Å²) < 4.78 is 10.8. The van der Waals surface area contributed by atoms with Crippen molar-refractivity contribution in [3.8, 4) is 0 Å². The minimum Gasteiger partial charge on any atom is -0.463 e. The molecular formula is C14H21O4. The van der Waals surface area contributed by atoms with Crippen molar-refractivity contribution in [2.24, 2.45) is 5.92 Å². The maximum absolute atomic E-state index is 12.3. The molecule has 0 aromatic heterocycles. The molecule has 1 aliphatic heterocycles. The average molecular weight is 253 g/mol. The fourth-order valence-corrected chi connectivity index (χ4v) is 3.37. The van der Waals surface area contributed by atoms with Crippen LogP contribution in [0.2, 0.25) is 0 Å². The highest BCUT2D eigenvalue weighted by Crippen LogP contribution is 2.41. The zero-order chi connectivity index (χ0) is 12.6. The molecule has 3 unspecified atom stereocenters. The van der Waals surface area contributed by atoms with E-state index in [-0.39, 0.29) is 0 Å². The van der Waals surface area contributed by atoms with Gasteiger partial charge in [0.2, 0.25) is 0 Å². The van der Waals surface area contributed by atoms with Gasteiger partial charge in [0.05, 0.1) is 18.8 Å². The molecular weight excluding hydrogens is 232 g/mol. The second-order valence-electron chi connectivity index (χ2n) is 5.98. The van der Waals surface area contributed by atoms with Crippen molar-refractivity contribution in [2.45, 2.75) is 69.2 Å². The molecule has 0 aromatic rings. The molecule has 3 atom stereocenters. The van der Waals surface area contributed by atoms with Crippen LogP contribution in [0.5, 0.6) is 0 Å². The first-order valence-electron chi connectivity index (χ1n) is 7.22. The van der Waals surface area contributed by atoms with Gasteiger partial charge in [0.15, 0.2) is 5.60 Å². The van der Waals surface area contributed by atoms with E-state index >= 15 is 0 Å². The lowest BCUT2D eigenvalue weighted by Gasteiger charge is -2.28. The van der Waals surface area contributed by atoms with Crippen LogP contribution in [-0.2, 0) is 19.4 Å². The monoisotopic (exact) mass is 253 g/mol. The van der Waals surface area contributed by atoms with Crippen molar-refractivity contribution >= 4 is 5.97 Å². The van der Waals surface area contributed by atoms with Crippen LogP contribution in [0.4, 0.5) is 0 Å². The molecule has 101 valence electrons. The smallest absolute Gasteiger partial charge is 0.341 e. The Hall–Kier alpha value is -0.610. The number of fused-ring (bicyclic) bond motifs is 1. The van der Waals surface area contributed by atoms with Crippen LogP contribution in [0.25, 0.3) is 0 Å². The third kappa shape index (κ3) is 2.41. The van der Waals surface area contributed by atoms with Gasteiger partial charge in [-0.1, -0.05) is 12.8 Å². The number of esters is 1. The van der Waals surface area contributed by atoms with Gasteiger partial charge in [0.1, 0.15) is 0 Å². The van der Waals surface area contributed by atoms with Gasteiger partial charge < -0.3 is 9.47 Å². The van der Waals surface area contributed by atoms with E-state index < -0.39 is 11.6 Å². The highest BCUT2D eigenvalue weighted by molar-refractivity contribution is 5.79. The van der Waals surface area contributed by atoms with E-state index in [4.69, 9.17) is 9.47 Å². The predicted octanol–water partition coefficient (Wildman–Crippen LogP) is 2.23. The van der Waals surface area contributed by atoms with Crippen LogP contribution in [0.3, 0.4) is 0 Å². The third-order valence-electron chi connectivity index (χ3n) is 4.61. The minimum absolute atomic E-state index is 0.292. The SMILES string of the molecule is [O]C1(C(=O)OCC2CCCC3OC23)CCCCC1. The number of epoxide rings is 1. The molecule has 0 bridgehead atoms. The van der Waals surface area contributed by atoms with E-state index in [1.807, 2.05) is 0 Å². The van der Waals surface area contributed by atoms with Gasteiger partial charge >= 0.3 is 5.97 Å². The van der Waals surface area contributed by atoms with E-state index in [9.17, 15) is 9.90 Å². The summed E-state index contributed by atoms with van der Waals surface area (Å²) in [5, 5.41) is 12.3. The largest absolute Gasteiger partial charge is 0.463 e. The van der Waals surface area contributed by atoms with Gasteiger partial charge in [0.25, 0.3) is 0 Å². The number of hydrogen-bond donors (Lipinski definition) is 0. The topological polar surface area (TPSA) is 58.7 Å². The highest BCUT2D eigenvalue weighted by Gasteiger charge is 2.48. The van der Waals surface area contributed by atoms with Gasteiger partial charge in [-0.25, -0.2) is 9.90 Å². The Labute approximate surface area is 108 Å². The first kappa shape index (κ1) is 12.4. The van der Waals surface area contributed by atoms with Gasteiger partial charge in [-0.3, -0.25) is 0 Å². The van der Waals surface area contributed by atoms with Crippen molar-refractivity contribution in [3.63, 3.8) is 0 Å². The van der Waals surface area contributed by atoms with Crippen LogP contribution in [-0.4, -0.2) is 30.4 Å². The van der Waals surface area contributed by atoms with E-state index in [2.05, 4.69) is 0 Å². The predicted molar refractivity (Wildman–Crippen MR) is 63.5 cm³/mol. The standard InChI is InChI=1S/C14H21O4/c15-13(14(16)7-2-1-3-8-14)17-9-10-5-4-6-11-12(10)18-11/h10-12H,1-9H2. The maximum Gasteiger partial charge on any atom is 0.341 e. The first-order valence-corrected chi connectivity index (χ1v) is 7.22. The molecule has 3 rings (SSSR count). The Kier molecular flexibility index (Phi) is 3.32. The number of ether oxygens (including phenoxy) is 2. The van der Waals surface area contributed by atoms with E-state index in [1.165, 1.54) is 0 Å². The second-order valence-corrected chi connectivity index (χ2v) is 5.98. The summed E-state index contributed by atoms with van der Waals surface area (Å²) in [6.07, 6.45) is 7.70. The summed E-state index contributed by atoms with van der Waals surface area (Å²) in [5.41, 5.74) is -1.46. The summed E-state index contributed by atoms with van der Waals surface area (Å²) in [6, 6.07) is 0. The van der Waals surface area contributed by atoms with Crippen LogP contribution in [0.1, 0.15) is 51.4 Å². The van der Waals surface area contributed by atoms with Crippen molar-refractivity contribution in [1.29, 1.82) is 0 Å². The molecule has 2 aliphatic carbocycles. The molecule has 4 heteroatoms. The Morgan fingerprint density at radius 3 is 2.72 bits per heavy atom. The lowest BCUT2D eigenvalue weighted by Crippen LogP contribution is -2.41. The molecule has 0 N–H and O–H groups in total. The zero-order valence-electron chi connectivity index (χ0n) is 10.7. The van der Waals surface area contributed by atoms with Crippen molar-refractivity contribution in [3.05, 3.63) is 0 Å². The molecule has 0 spiro atoms. The Bertz CT molecular complexity index is 322. The maximum atomic E-state index is 12.3. The minimum atomic E-state index is -1.46. The van der Waals surface area contributed by atoms with Crippen molar-refractivity contribution in [1.82, 2.24) is 0 Å². The molecule has 1 saturated heterocycles. The molecule has 4 nitrogen and oxygen atoms in total. The number of carbonyl (C=O) groups excluding carboxylic acids is 1. The van der Waals surface area contributed by atoms with Crippen molar-refractivity contribution < 1.29 is 19.4 Å². The normalized spacial score (nSPS) is 37.7. The van der Waals surface area contributed by atoms with E-state index in [1.54, 1.807) is 0 Å². The molecule has 2 saturated carbocycles. The molecule has 3 fully saturated rings. The Morgan fingerprint density at radius 1 is 1.17 bits per heavy atom. The fraction of sp³-hybridized carbons (Fsp3) is 0.929. The second kappa shape index (κ2) is 4.82. The van der Waals surface area contributed by atoms with Gasteiger partial charge in [0, 0.05) is 5.92 Å². The summed E-state index contributed by atoms with van der Waals surface area (Å²) in [6.45, 7) is 0.379. The third-order valence-corrected chi connectivity index (χ3v) is 4.61. The summed E-state index contributed by atoms with van der Waals surface area (Å²) in [7, 11) is 0. The van der Waals surface area contributed by atoms with Crippen LogP contribution in [0, 0.1) is 5.92 Å². The van der Waals surface area contributed by atoms with Gasteiger partial charge in [-0.2, -0.15) is 0 Å². The molecule has 1 heterocycles. The number of carbonyl (C=O) groups is 1.